The Morgan fingerprint density at radius 1 is 1.38 bits per heavy atom. The lowest BCUT2D eigenvalue weighted by molar-refractivity contribution is -0.120. The molecule has 0 radical (unpaired) electrons. The fourth-order valence-electron chi connectivity index (χ4n) is 2.91. The first-order valence-corrected chi connectivity index (χ1v) is 7.88. The van der Waals surface area contributed by atoms with Crippen LogP contribution in [0.3, 0.4) is 0 Å². The first-order chi connectivity index (χ1) is 10.1. The molecule has 1 fully saturated rings. The lowest BCUT2D eigenvalue weighted by Gasteiger charge is -2.28. The van der Waals surface area contributed by atoms with Crippen molar-refractivity contribution in [3.8, 4) is 0 Å². The van der Waals surface area contributed by atoms with Crippen molar-refractivity contribution in [2.75, 3.05) is 13.2 Å². The van der Waals surface area contributed by atoms with Gasteiger partial charge in [-0.05, 0) is 32.6 Å². The molecule has 0 spiro atoms. The second-order valence-corrected chi connectivity index (χ2v) is 6.00. The van der Waals surface area contributed by atoms with Crippen LogP contribution in [0.5, 0.6) is 0 Å². The van der Waals surface area contributed by atoms with Gasteiger partial charge in [0.2, 0.25) is 5.91 Å². The Balaban J connectivity index is 1.65. The summed E-state index contributed by atoms with van der Waals surface area (Å²) in [5.74, 6) is 1.34. The van der Waals surface area contributed by atoms with Crippen LogP contribution in [0.4, 0.5) is 0 Å². The number of ether oxygens (including phenoxy) is 1. The third kappa shape index (κ3) is 4.56. The van der Waals surface area contributed by atoms with Crippen molar-refractivity contribution >= 4 is 5.91 Å². The minimum absolute atomic E-state index is 0.00954. The topological polar surface area (TPSA) is 64.4 Å². The van der Waals surface area contributed by atoms with Gasteiger partial charge in [-0.1, -0.05) is 24.9 Å². The summed E-state index contributed by atoms with van der Waals surface area (Å²) in [4.78, 5) is 11.9. The van der Waals surface area contributed by atoms with E-state index in [1.807, 2.05) is 13.8 Å². The molecule has 1 saturated carbocycles. The van der Waals surface area contributed by atoms with Gasteiger partial charge >= 0.3 is 0 Å². The average Bonchev–Trinajstić information content (AvgIpc) is 2.77. The summed E-state index contributed by atoms with van der Waals surface area (Å²) in [7, 11) is 0. The Morgan fingerprint density at radius 3 is 2.81 bits per heavy atom. The molecule has 2 rings (SSSR count). The summed E-state index contributed by atoms with van der Waals surface area (Å²) < 4.78 is 10.9. The number of nitrogens with zero attached hydrogens (tertiary/aromatic N) is 1. The number of carbonyl (C=O) groups is 1. The lowest BCUT2D eigenvalue weighted by atomic mass is 9.88. The van der Waals surface area contributed by atoms with E-state index in [4.69, 9.17) is 9.26 Å². The van der Waals surface area contributed by atoms with Crippen LogP contribution >= 0.6 is 0 Å². The second kappa shape index (κ2) is 7.59. The first-order valence-electron chi connectivity index (χ1n) is 7.88. The Labute approximate surface area is 126 Å². The molecule has 1 aromatic rings. The predicted octanol–water partition coefficient (Wildman–Crippen LogP) is 2.55. The van der Waals surface area contributed by atoms with Crippen LogP contribution in [0, 0.1) is 19.8 Å². The number of hydrogen-bond donors (Lipinski definition) is 1. The standard InChI is InChI=1S/C16H26N2O3/c1-11-6-4-5-7-15(11)20-9-8-17-16(19)10-14-12(2)18-21-13(14)3/h11,15H,4-10H2,1-3H3,(H,17,19)/t11-,15-/m0/s1. The van der Waals surface area contributed by atoms with E-state index < -0.39 is 0 Å². The molecule has 1 amide bonds. The molecule has 0 aliphatic heterocycles. The van der Waals surface area contributed by atoms with Crippen LogP contribution in [0.2, 0.25) is 0 Å². The molecule has 118 valence electrons. The average molecular weight is 294 g/mol. The highest BCUT2D eigenvalue weighted by Crippen LogP contribution is 2.25. The summed E-state index contributed by atoms with van der Waals surface area (Å²) in [5, 5.41) is 6.75. The minimum Gasteiger partial charge on any atom is -0.376 e. The summed E-state index contributed by atoms with van der Waals surface area (Å²) in [6, 6.07) is 0. The minimum atomic E-state index is -0.00954. The fraction of sp³-hybridized carbons (Fsp3) is 0.750. The smallest absolute Gasteiger partial charge is 0.224 e. The molecule has 1 aromatic heterocycles. The summed E-state index contributed by atoms with van der Waals surface area (Å²) in [6.45, 7) is 7.08. The van der Waals surface area contributed by atoms with E-state index in [0.717, 1.165) is 23.4 Å². The summed E-state index contributed by atoms with van der Waals surface area (Å²) >= 11 is 0. The van der Waals surface area contributed by atoms with Crippen molar-refractivity contribution in [3.05, 3.63) is 17.0 Å². The fourth-order valence-corrected chi connectivity index (χ4v) is 2.91. The van der Waals surface area contributed by atoms with Crippen molar-refractivity contribution in [2.24, 2.45) is 5.92 Å². The van der Waals surface area contributed by atoms with Gasteiger partial charge in [0.05, 0.1) is 24.8 Å². The molecule has 0 unspecified atom stereocenters. The third-order valence-corrected chi connectivity index (χ3v) is 4.31. The maximum atomic E-state index is 11.9. The molecular formula is C16H26N2O3. The van der Waals surface area contributed by atoms with Crippen LogP contribution < -0.4 is 5.32 Å². The number of aromatic nitrogens is 1. The van der Waals surface area contributed by atoms with Gasteiger partial charge in [-0.3, -0.25) is 4.79 Å². The van der Waals surface area contributed by atoms with Crippen LogP contribution in [0.25, 0.3) is 0 Å². The number of amides is 1. The van der Waals surface area contributed by atoms with Crippen LogP contribution in [0.1, 0.15) is 49.6 Å². The molecular weight excluding hydrogens is 268 g/mol. The molecule has 5 heteroatoms. The molecule has 2 atom stereocenters. The molecule has 21 heavy (non-hydrogen) atoms. The van der Waals surface area contributed by atoms with Crippen molar-refractivity contribution < 1.29 is 14.1 Å². The molecule has 1 N–H and O–H groups in total. The molecule has 5 nitrogen and oxygen atoms in total. The highest BCUT2D eigenvalue weighted by Gasteiger charge is 2.21. The van der Waals surface area contributed by atoms with E-state index in [0.29, 0.717) is 31.6 Å². The van der Waals surface area contributed by atoms with Crippen molar-refractivity contribution in [3.63, 3.8) is 0 Å². The van der Waals surface area contributed by atoms with Crippen molar-refractivity contribution in [1.82, 2.24) is 10.5 Å². The van der Waals surface area contributed by atoms with E-state index >= 15 is 0 Å². The quantitative estimate of drug-likeness (QED) is 0.819. The molecule has 0 aromatic carbocycles. The Hall–Kier alpha value is -1.36. The van der Waals surface area contributed by atoms with Crippen LogP contribution in [0.15, 0.2) is 4.52 Å². The van der Waals surface area contributed by atoms with E-state index in [-0.39, 0.29) is 5.91 Å². The maximum Gasteiger partial charge on any atom is 0.224 e. The zero-order chi connectivity index (χ0) is 15.2. The van der Waals surface area contributed by atoms with Crippen LogP contribution in [-0.4, -0.2) is 30.3 Å². The molecule has 0 bridgehead atoms. The number of carbonyl (C=O) groups excluding carboxylic acids is 1. The number of rotatable bonds is 6. The second-order valence-electron chi connectivity index (χ2n) is 6.00. The van der Waals surface area contributed by atoms with Gasteiger partial charge in [0.1, 0.15) is 5.76 Å². The Bertz CT molecular complexity index is 451. The summed E-state index contributed by atoms with van der Waals surface area (Å²) in [6.07, 6.45) is 5.65. The highest BCUT2D eigenvalue weighted by atomic mass is 16.5. The number of hydrogen-bond acceptors (Lipinski definition) is 4. The van der Waals surface area contributed by atoms with Gasteiger partial charge in [0.25, 0.3) is 0 Å². The Morgan fingerprint density at radius 2 is 2.14 bits per heavy atom. The molecule has 1 aliphatic rings. The van der Waals surface area contributed by atoms with Crippen molar-refractivity contribution in [1.29, 1.82) is 0 Å². The normalized spacial score (nSPS) is 22.2. The summed E-state index contributed by atoms with van der Waals surface area (Å²) in [5.41, 5.74) is 1.67. The first kappa shape index (κ1) is 16.0. The van der Waals surface area contributed by atoms with E-state index in [1.54, 1.807) is 0 Å². The van der Waals surface area contributed by atoms with Gasteiger partial charge in [-0.25, -0.2) is 0 Å². The van der Waals surface area contributed by atoms with Gasteiger partial charge in [0.15, 0.2) is 0 Å². The van der Waals surface area contributed by atoms with Crippen LogP contribution in [-0.2, 0) is 16.0 Å². The van der Waals surface area contributed by atoms with Gasteiger partial charge in [-0.2, -0.15) is 0 Å². The van der Waals surface area contributed by atoms with Gasteiger partial charge in [0, 0.05) is 12.1 Å². The Kier molecular flexibility index (Phi) is 5.79. The monoisotopic (exact) mass is 294 g/mol. The van der Waals surface area contributed by atoms with Gasteiger partial charge in [-0.15, -0.1) is 0 Å². The molecule has 1 heterocycles. The van der Waals surface area contributed by atoms with E-state index in [9.17, 15) is 4.79 Å². The van der Waals surface area contributed by atoms with E-state index in [2.05, 4.69) is 17.4 Å². The predicted molar refractivity (Wildman–Crippen MR) is 80.1 cm³/mol. The third-order valence-electron chi connectivity index (χ3n) is 4.31. The van der Waals surface area contributed by atoms with Crippen molar-refractivity contribution in [2.45, 2.75) is 59.0 Å². The molecule has 1 aliphatic carbocycles. The molecule has 0 saturated heterocycles. The zero-order valence-corrected chi connectivity index (χ0v) is 13.3. The number of nitrogens with one attached hydrogen (secondary N) is 1. The number of aryl methyl sites for hydroxylation is 2. The lowest BCUT2D eigenvalue weighted by Crippen LogP contribution is -2.32. The van der Waals surface area contributed by atoms with E-state index in [1.165, 1.54) is 19.3 Å². The zero-order valence-electron chi connectivity index (χ0n) is 13.3. The highest BCUT2D eigenvalue weighted by molar-refractivity contribution is 5.78. The van der Waals surface area contributed by atoms with Gasteiger partial charge < -0.3 is 14.6 Å². The maximum absolute atomic E-state index is 11.9. The SMILES string of the molecule is Cc1noc(C)c1CC(=O)NCCO[C@H]1CCCC[C@@H]1C. The largest absolute Gasteiger partial charge is 0.376 e.